The Morgan fingerprint density at radius 2 is 1.88 bits per heavy atom. The Labute approximate surface area is 106 Å². The van der Waals surface area contributed by atoms with Gasteiger partial charge in [-0.25, -0.2) is 0 Å². The van der Waals surface area contributed by atoms with Crippen LogP contribution >= 0.6 is 0 Å². The molecule has 0 heterocycles. The van der Waals surface area contributed by atoms with Crippen molar-refractivity contribution in [1.82, 2.24) is 5.32 Å². The molecule has 1 N–H and O–H groups in total. The van der Waals surface area contributed by atoms with Crippen LogP contribution in [0.2, 0.25) is 0 Å². The third-order valence-electron chi connectivity index (χ3n) is 2.95. The van der Waals surface area contributed by atoms with E-state index in [-0.39, 0.29) is 0 Å². The number of aryl methyl sites for hydroxylation is 2. The fourth-order valence-corrected chi connectivity index (χ4v) is 2.20. The van der Waals surface area contributed by atoms with Gasteiger partial charge in [0.15, 0.2) is 0 Å². The number of allylic oxidation sites excluding steroid dienone is 1. The van der Waals surface area contributed by atoms with E-state index in [0.717, 1.165) is 19.4 Å². The zero-order valence-corrected chi connectivity index (χ0v) is 11.4. The zero-order chi connectivity index (χ0) is 12.7. The number of benzene rings is 1. The number of hydrogen-bond acceptors (Lipinski definition) is 1. The predicted octanol–water partition coefficient (Wildman–Crippen LogP) is 4.31. The summed E-state index contributed by atoms with van der Waals surface area (Å²) in [7, 11) is 0. The van der Waals surface area contributed by atoms with Crippen molar-refractivity contribution in [1.29, 1.82) is 0 Å². The standard InChI is InChI=1S/C16H25N/c1-5-7-8-16(17-9-6-2)15-11-13(3)10-14(4)12-15/h5,10-12,16-17H,1,6-9H2,2-4H3. The average Bonchev–Trinajstić information content (AvgIpc) is 2.28. The first-order valence-corrected chi connectivity index (χ1v) is 6.59. The molecule has 0 saturated carbocycles. The molecule has 1 heteroatoms. The Hall–Kier alpha value is -1.08. The molecular weight excluding hydrogens is 206 g/mol. The second kappa shape index (κ2) is 7.29. The molecule has 1 unspecified atom stereocenters. The van der Waals surface area contributed by atoms with Gasteiger partial charge in [0.25, 0.3) is 0 Å². The van der Waals surface area contributed by atoms with Gasteiger partial charge in [-0.2, -0.15) is 0 Å². The van der Waals surface area contributed by atoms with Crippen LogP contribution in [0.5, 0.6) is 0 Å². The lowest BCUT2D eigenvalue weighted by atomic mass is 9.98. The molecule has 17 heavy (non-hydrogen) atoms. The van der Waals surface area contributed by atoms with Crippen LogP contribution in [0.1, 0.15) is 48.9 Å². The molecule has 1 aromatic carbocycles. The Balaban J connectivity index is 2.82. The minimum Gasteiger partial charge on any atom is -0.310 e. The molecule has 0 aromatic heterocycles. The topological polar surface area (TPSA) is 12.0 Å². The number of nitrogens with one attached hydrogen (secondary N) is 1. The van der Waals surface area contributed by atoms with E-state index < -0.39 is 0 Å². The Kier molecular flexibility index (Phi) is 5.99. The normalized spacial score (nSPS) is 12.4. The maximum absolute atomic E-state index is 3.81. The summed E-state index contributed by atoms with van der Waals surface area (Å²) in [5.41, 5.74) is 4.11. The highest BCUT2D eigenvalue weighted by atomic mass is 14.9. The van der Waals surface area contributed by atoms with Gasteiger partial charge in [-0.05, 0) is 45.2 Å². The third kappa shape index (κ3) is 4.74. The van der Waals surface area contributed by atoms with Gasteiger partial charge in [-0.15, -0.1) is 6.58 Å². The SMILES string of the molecule is C=CCCC(NCCC)c1cc(C)cc(C)c1. The van der Waals surface area contributed by atoms with Crippen molar-refractivity contribution in [3.8, 4) is 0 Å². The summed E-state index contributed by atoms with van der Waals surface area (Å²) < 4.78 is 0. The molecule has 1 nitrogen and oxygen atoms in total. The van der Waals surface area contributed by atoms with Gasteiger partial charge in [-0.3, -0.25) is 0 Å². The molecule has 0 amide bonds. The highest BCUT2D eigenvalue weighted by molar-refractivity contribution is 5.30. The van der Waals surface area contributed by atoms with E-state index in [1.807, 2.05) is 6.08 Å². The van der Waals surface area contributed by atoms with Crippen molar-refractivity contribution >= 4 is 0 Å². The maximum Gasteiger partial charge on any atom is 0.0323 e. The van der Waals surface area contributed by atoms with E-state index in [2.05, 4.69) is 50.9 Å². The molecule has 1 aromatic rings. The lowest BCUT2D eigenvalue weighted by molar-refractivity contribution is 0.502. The lowest BCUT2D eigenvalue weighted by Gasteiger charge is -2.19. The lowest BCUT2D eigenvalue weighted by Crippen LogP contribution is -2.22. The molecule has 0 aliphatic heterocycles. The highest BCUT2D eigenvalue weighted by Crippen LogP contribution is 2.21. The summed E-state index contributed by atoms with van der Waals surface area (Å²) in [6.45, 7) is 11.4. The summed E-state index contributed by atoms with van der Waals surface area (Å²) in [4.78, 5) is 0. The van der Waals surface area contributed by atoms with Gasteiger partial charge in [-0.1, -0.05) is 42.3 Å². The van der Waals surface area contributed by atoms with Crippen LogP contribution in [-0.4, -0.2) is 6.54 Å². The molecule has 1 atom stereocenters. The molecule has 0 fully saturated rings. The van der Waals surface area contributed by atoms with Crippen molar-refractivity contribution in [2.75, 3.05) is 6.54 Å². The highest BCUT2D eigenvalue weighted by Gasteiger charge is 2.10. The molecule has 0 saturated heterocycles. The van der Waals surface area contributed by atoms with E-state index in [1.165, 1.54) is 23.1 Å². The van der Waals surface area contributed by atoms with Crippen LogP contribution in [0.15, 0.2) is 30.9 Å². The van der Waals surface area contributed by atoms with Gasteiger partial charge in [0.1, 0.15) is 0 Å². The second-order valence-electron chi connectivity index (χ2n) is 4.79. The van der Waals surface area contributed by atoms with Crippen LogP contribution in [0, 0.1) is 13.8 Å². The van der Waals surface area contributed by atoms with Crippen molar-refractivity contribution in [2.45, 2.75) is 46.1 Å². The Bertz CT molecular complexity index is 334. The van der Waals surface area contributed by atoms with Crippen LogP contribution in [0.3, 0.4) is 0 Å². The smallest absolute Gasteiger partial charge is 0.0323 e. The summed E-state index contributed by atoms with van der Waals surface area (Å²) in [6.07, 6.45) is 5.37. The fraction of sp³-hybridized carbons (Fsp3) is 0.500. The van der Waals surface area contributed by atoms with E-state index in [0.29, 0.717) is 6.04 Å². The first-order valence-electron chi connectivity index (χ1n) is 6.59. The quantitative estimate of drug-likeness (QED) is 0.689. The largest absolute Gasteiger partial charge is 0.310 e. The van der Waals surface area contributed by atoms with Gasteiger partial charge >= 0.3 is 0 Å². The van der Waals surface area contributed by atoms with Gasteiger partial charge in [0.05, 0.1) is 0 Å². The molecular formula is C16H25N. The summed E-state index contributed by atoms with van der Waals surface area (Å²) in [5.74, 6) is 0. The summed E-state index contributed by atoms with van der Waals surface area (Å²) in [5, 5.41) is 3.63. The molecule has 0 spiro atoms. The van der Waals surface area contributed by atoms with Crippen LogP contribution in [0.4, 0.5) is 0 Å². The molecule has 0 bridgehead atoms. The van der Waals surface area contributed by atoms with Crippen molar-refractivity contribution < 1.29 is 0 Å². The summed E-state index contributed by atoms with van der Waals surface area (Å²) in [6, 6.07) is 7.28. The maximum atomic E-state index is 3.81. The fourth-order valence-electron chi connectivity index (χ4n) is 2.20. The van der Waals surface area contributed by atoms with E-state index in [9.17, 15) is 0 Å². The first kappa shape index (κ1) is 14.0. The zero-order valence-electron chi connectivity index (χ0n) is 11.4. The van der Waals surface area contributed by atoms with Gasteiger partial charge in [0.2, 0.25) is 0 Å². The number of hydrogen-bond donors (Lipinski definition) is 1. The van der Waals surface area contributed by atoms with Crippen molar-refractivity contribution in [3.05, 3.63) is 47.5 Å². The van der Waals surface area contributed by atoms with E-state index >= 15 is 0 Å². The van der Waals surface area contributed by atoms with Crippen molar-refractivity contribution in [2.24, 2.45) is 0 Å². The van der Waals surface area contributed by atoms with Crippen LogP contribution in [0.25, 0.3) is 0 Å². The van der Waals surface area contributed by atoms with Crippen LogP contribution < -0.4 is 5.32 Å². The van der Waals surface area contributed by atoms with Gasteiger partial charge in [0, 0.05) is 6.04 Å². The first-order chi connectivity index (χ1) is 8.17. The minimum absolute atomic E-state index is 0.464. The average molecular weight is 231 g/mol. The van der Waals surface area contributed by atoms with E-state index in [1.54, 1.807) is 0 Å². The van der Waals surface area contributed by atoms with Crippen LogP contribution in [-0.2, 0) is 0 Å². The van der Waals surface area contributed by atoms with Gasteiger partial charge < -0.3 is 5.32 Å². The second-order valence-corrected chi connectivity index (χ2v) is 4.79. The van der Waals surface area contributed by atoms with E-state index in [4.69, 9.17) is 0 Å². The molecule has 0 aliphatic carbocycles. The van der Waals surface area contributed by atoms with Crippen molar-refractivity contribution in [3.63, 3.8) is 0 Å². The molecule has 1 rings (SSSR count). The summed E-state index contributed by atoms with van der Waals surface area (Å²) >= 11 is 0. The Morgan fingerprint density at radius 1 is 1.24 bits per heavy atom. The molecule has 94 valence electrons. The monoisotopic (exact) mass is 231 g/mol. The minimum atomic E-state index is 0.464. The third-order valence-corrected chi connectivity index (χ3v) is 2.95. The molecule has 0 radical (unpaired) electrons. The molecule has 0 aliphatic rings. The predicted molar refractivity (Wildman–Crippen MR) is 76.4 cm³/mol. The number of rotatable bonds is 7. The Morgan fingerprint density at radius 3 is 2.41 bits per heavy atom.